The van der Waals surface area contributed by atoms with Gasteiger partial charge in [0, 0.05) is 19.1 Å². The van der Waals surface area contributed by atoms with Crippen molar-refractivity contribution in [1.82, 2.24) is 14.5 Å². The second kappa shape index (κ2) is 7.34. The number of likely N-dealkylation sites (tertiary alicyclic amines) is 1. The molecule has 4 rings (SSSR count). The first-order valence-electron chi connectivity index (χ1n) is 9.33. The Labute approximate surface area is 161 Å². The molecule has 0 unspecified atom stereocenters. The van der Waals surface area contributed by atoms with Crippen LogP contribution in [0.5, 0.6) is 0 Å². The number of rotatable bonds is 4. The first-order valence-corrected chi connectivity index (χ1v) is 9.33. The van der Waals surface area contributed by atoms with Crippen LogP contribution in [0.25, 0.3) is 11.0 Å². The van der Waals surface area contributed by atoms with Crippen LogP contribution in [0, 0.1) is 0 Å². The molecule has 1 saturated heterocycles. The molecule has 2 heterocycles. The third kappa shape index (κ3) is 3.31. The Kier molecular flexibility index (Phi) is 4.73. The van der Waals surface area contributed by atoms with Gasteiger partial charge < -0.3 is 15.0 Å². The summed E-state index contributed by atoms with van der Waals surface area (Å²) >= 11 is 0. The molecule has 0 saturated carbocycles. The minimum Gasteiger partial charge on any atom is -0.478 e. The monoisotopic (exact) mass is 379 g/mol. The topological polar surface area (TPSA) is 95.4 Å². The number of carbonyl (C=O) groups is 2. The van der Waals surface area contributed by atoms with Gasteiger partial charge in [-0.25, -0.2) is 9.59 Å². The lowest BCUT2D eigenvalue weighted by atomic mass is 10.0. The number of para-hydroxylation sites is 2. The van der Waals surface area contributed by atoms with Gasteiger partial charge in [-0.05, 0) is 36.6 Å². The summed E-state index contributed by atoms with van der Waals surface area (Å²) in [7, 11) is 0. The van der Waals surface area contributed by atoms with Crippen LogP contribution in [-0.4, -0.2) is 44.5 Å². The summed E-state index contributed by atoms with van der Waals surface area (Å²) in [5.74, 6) is -1.11. The van der Waals surface area contributed by atoms with E-state index < -0.39 is 5.97 Å². The third-order valence-electron chi connectivity index (χ3n) is 5.40. The molecule has 144 valence electrons. The number of hydrogen-bond acceptors (Lipinski definition) is 3. The Balaban J connectivity index is 1.46. The summed E-state index contributed by atoms with van der Waals surface area (Å²) in [6, 6.07) is 14.2. The van der Waals surface area contributed by atoms with Gasteiger partial charge in [-0.2, -0.15) is 0 Å². The number of nitrogens with one attached hydrogen (secondary N) is 1. The van der Waals surface area contributed by atoms with Crippen LogP contribution in [0.2, 0.25) is 0 Å². The maximum Gasteiger partial charge on any atom is 0.335 e. The van der Waals surface area contributed by atoms with Crippen molar-refractivity contribution in [1.29, 1.82) is 0 Å². The molecule has 1 aliphatic rings. The number of aromatic amines is 1. The molecule has 0 aliphatic carbocycles. The van der Waals surface area contributed by atoms with Gasteiger partial charge in [-0.15, -0.1) is 0 Å². The van der Waals surface area contributed by atoms with Crippen molar-refractivity contribution in [2.75, 3.05) is 13.1 Å². The Morgan fingerprint density at radius 1 is 1.04 bits per heavy atom. The molecule has 7 nitrogen and oxygen atoms in total. The molecule has 1 amide bonds. The first-order chi connectivity index (χ1) is 13.5. The SMILES string of the molecule is O=C(O)c1ccccc1CC(=O)N1CCC(n2c(=O)[nH]c3ccccc32)CC1. The number of hydrogen-bond donors (Lipinski definition) is 2. The Morgan fingerprint density at radius 3 is 2.46 bits per heavy atom. The molecular weight excluding hydrogens is 358 g/mol. The maximum atomic E-state index is 12.7. The average Bonchev–Trinajstić information content (AvgIpc) is 3.04. The van der Waals surface area contributed by atoms with Gasteiger partial charge >= 0.3 is 11.7 Å². The van der Waals surface area contributed by atoms with Gasteiger partial charge in [-0.1, -0.05) is 30.3 Å². The van der Waals surface area contributed by atoms with E-state index in [1.165, 1.54) is 6.07 Å². The summed E-state index contributed by atoms with van der Waals surface area (Å²) in [6.07, 6.45) is 1.45. The zero-order valence-electron chi connectivity index (χ0n) is 15.3. The van der Waals surface area contributed by atoms with E-state index in [0.29, 0.717) is 31.5 Å². The van der Waals surface area contributed by atoms with E-state index in [1.54, 1.807) is 27.7 Å². The fraction of sp³-hybridized carbons (Fsp3) is 0.286. The largest absolute Gasteiger partial charge is 0.478 e. The summed E-state index contributed by atoms with van der Waals surface area (Å²) in [5, 5.41) is 9.28. The number of benzene rings is 2. The fourth-order valence-corrected chi connectivity index (χ4v) is 3.97. The average molecular weight is 379 g/mol. The van der Waals surface area contributed by atoms with E-state index in [9.17, 15) is 19.5 Å². The highest BCUT2D eigenvalue weighted by molar-refractivity contribution is 5.91. The maximum absolute atomic E-state index is 12.7. The second-order valence-corrected chi connectivity index (χ2v) is 7.07. The standard InChI is InChI=1S/C21H21N3O4/c25-19(13-14-5-1-2-6-16(14)20(26)27)23-11-9-15(10-12-23)24-18-8-4-3-7-17(18)22-21(24)28/h1-8,15H,9-13H2,(H,22,28)(H,26,27). The van der Waals surface area contributed by atoms with Crippen molar-refractivity contribution in [3.63, 3.8) is 0 Å². The number of imidazole rings is 1. The zero-order chi connectivity index (χ0) is 19.7. The number of fused-ring (bicyclic) bond motifs is 1. The summed E-state index contributed by atoms with van der Waals surface area (Å²) < 4.78 is 1.79. The van der Waals surface area contributed by atoms with Crippen molar-refractivity contribution >= 4 is 22.9 Å². The number of amides is 1. The van der Waals surface area contributed by atoms with Crippen molar-refractivity contribution in [3.05, 3.63) is 70.1 Å². The molecule has 28 heavy (non-hydrogen) atoms. The number of H-pyrrole nitrogens is 1. The molecule has 0 spiro atoms. The number of aromatic nitrogens is 2. The quantitative estimate of drug-likeness (QED) is 0.728. The van der Waals surface area contributed by atoms with E-state index in [-0.39, 0.29) is 29.6 Å². The minimum atomic E-state index is -1.03. The van der Waals surface area contributed by atoms with E-state index in [0.717, 1.165) is 11.0 Å². The smallest absolute Gasteiger partial charge is 0.335 e. The zero-order valence-corrected chi connectivity index (χ0v) is 15.3. The van der Waals surface area contributed by atoms with Crippen LogP contribution < -0.4 is 5.69 Å². The van der Waals surface area contributed by atoms with Crippen LogP contribution in [0.1, 0.15) is 34.8 Å². The van der Waals surface area contributed by atoms with Crippen LogP contribution in [0.15, 0.2) is 53.3 Å². The molecule has 0 atom stereocenters. The van der Waals surface area contributed by atoms with Crippen molar-refractivity contribution < 1.29 is 14.7 Å². The van der Waals surface area contributed by atoms with Gasteiger partial charge in [0.25, 0.3) is 0 Å². The lowest BCUT2D eigenvalue weighted by Crippen LogP contribution is -2.41. The van der Waals surface area contributed by atoms with Crippen LogP contribution >= 0.6 is 0 Å². The molecule has 1 fully saturated rings. The van der Waals surface area contributed by atoms with E-state index in [4.69, 9.17) is 0 Å². The number of aromatic carboxylic acids is 1. The van der Waals surface area contributed by atoms with Crippen LogP contribution in [0.4, 0.5) is 0 Å². The lowest BCUT2D eigenvalue weighted by Gasteiger charge is -2.32. The normalized spacial score (nSPS) is 15.1. The summed E-state index contributed by atoms with van der Waals surface area (Å²) in [6.45, 7) is 1.09. The number of carboxylic acid groups (broad SMARTS) is 1. The highest BCUT2D eigenvalue weighted by Gasteiger charge is 2.26. The van der Waals surface area contributed by atoms with Gasteiger partial charge in [-0.3, -0.25) is 9.36 Å². The molecule has 3 aromatic rings. The third-order valence-corrected chi connectivity index (χ3v) is 5.40. The fourth-order valence-electron chi connectivity index (χ4n) is 3.97. The Morgan fingerprint density at radius 2 is 1.71 bits per heavy atom. The number of piperidine rings is 1. The van der Waals surface area contributed by atoms with E-state index in [1.807, 2.05) is 24.3 Å². The number of carbonyl (C=O) groups excluding carboxylic acids is 1. The van der Waals surface area contributed by atoms with Crippen LogP contribution in [0.3, 0.4) is 0 Å². The number of carboxylic acids is 1. The van der Waals surface area contributed by atoms with Gasteiger partial charge in [0.05, 0.1) is 23.0 Å². The molecule has 1 aliphatic heterocycles. The molecule has 2 aromatic carbocycles. The molecule has 1 aromatic heterocycles. The lowest BCUT2D eigenvalue weighted by molar-refractivity contribution is -0.131. The highest BCUT2D eigenvalue weighted by Crippen LogP contribution is 2.25. The number of nitrogens with zero attached hydrogens (tertiary/aromatic N) is 2. The van der Waals surface area contributed by atoms with Crippen molar-refractivity contribution in [2.24, 2.45) is 0 Å². The minimum absolute atomic E-state index is 0.0407. The molecule has 0 bridgehead atoms. The highest BCUT2D eigenvalue weighted by atomic mass is 16.4. The van der Waals surface area contributed by atoms with Gasteiger partial charge in [0.15, 0.2) is 0 Å². The predicted molar refractivity (Wildman–Crippen MR) is 105 cm³/mol. The van der Waals surface area contributed by atoms with Gasteiger partial charge in [0.1, 0.15) is 0 Å². The molecule has 7 heteroatoms. The first kappa shape index (κ1) is 18.0. The molecular formula is C21H21N3O4. The van der Waals surface area contributed by atoms with E-state index in [2.05, 4.69) is 4.98 Å². The van der Waals surface area contributed by atoms with Crippen molar-refractivity contribution in [3.8, 4) is 0 Å². The summed E-state index contributed by atoms with van der Waals surface area (Å²) in [5.41, 5.74) is 2.26. The Bertz CT molecular complexity index is 1090. The van der Waals surface area contributed by atoms with Crippen molar-refractivity contribution in [2.45, 2.75) is 25.3 Å². The van der Waals surface area contributed by atoms with E-state index >= 15 is 0 Å². The second-order valence-electron chi connectivity index (χ2n) is 7.07. The predicted octanol–water partition coefficient (Wildman–Crippen LogP) is 2.43. The van der Waals surface area contributed by atoms with Gasteiger partial charge in [0.2, 0.25) is 5.91 Å². The molecule has 0 radical (unpaired) electrons. The molecule has 2 N–H and O–H groups in total. The summed E-state index contributed by atoms with van der Waals surface area (Å²) in [4.78, 5) is 41.0. The Hall–Kier alpha value is -3.35. The van der Waals surface area contributed by atoms with Crippen LogP contribution in [-0.2, 0) is 11.2 Å².